The van der Waals surface area contributed by atoms with Gasteiger partial charge in [-0.25, -0.2) is 8.42 Å². The number of benzene rings is 4. The molecule has 12 heteroatoms. The molecule has 1 N–H and O–H groups in total. The molecule has 4 rings (SSSR count). The maximum Gasteiger partial charge on any atom is 0.264 e. The first-order valence-corrected chi connectivity index (χ1v) is 18.0. The molecule has 49 heavy (non-hydrogen) atoms. The van der Waals surface area contributed by atoms with Crippen molar-refractivity contribution in [3.05, 3.63) is 118 Å². The Balaban J connectivity index is 1.86. The van der Waals surface area contributed by atoms with E-state index in [-0.39, 0.29) is 46.3 Å². The molecule has 0 spiro atoms. The molecule has 4 aromatic carbocycles. The van der Waals surface area contributed by atoms with Crippen LogP contribution in [0, 0.1) is 6.92 Å². The number of hydrogen-bond acceptors (Lipinski definition) is 6. The normalized spacial score (nSPS) is 12.5. The predicted octanol–water partition coefficient (Wildman–Crippen LogP) is 7.07. The third-order valence-electron chi connectivity index (χ3n) is 8.15. The first-order chi connectivity index (χ1) is 23.4. The van der Waals surface area contributed by atoms with Crippen molar-refractivity contribution in [2.75, 3.05) is 25.1 Å². The number of nitrogens with one attached hydrogen (secondary N) is 1. The van der Waals surface area contributed by atoms with E-state index in [1.807, 2.05) is 51.1 Å². The molecule has 0 bridgehead atoms. The van der Waals surface area contributed by atoms with E-state index in [0.717, 1.165) is 15.4 Å². The molecule has 2 atom stereocenters. The highest BCUT2D eigenvalue weighted by Crippen LogP contribution is 2.34. The van der Waals surface area contributed by atoms with Gasteiger partial charge in [0, 0.05) is 25.1 Å². The van der Waals surface area contributed by atoms with Gasteiger partial charge in [-0.05, 0) is 67.8 Å². The molecule has 0 aliphatic rings. The molecule has 0 heterocycles. The summed E-state index contributed by atoms with van der Waals surface area (Å²) < 4.78 is 40.6. The van der Waals surface area contributed by atoms with Crippen LogP contribution in [0.1, 0.15) is 37.0 Å². The number of ether oxygens (including phenoxy) is 2. The van der Waals surface area contributed by atoms with Gasteiger partial charge in [0.15, 0.2) is 11.5 Å². The van der Waals surface area contributed by atoms with Crippen LogP contribution in [0.4, 0.5) is 5.69 Å². The van der Waals surface area contributed by atoms with Crippen LogP contribution in [0.25, 0.3) is 0 Å². The minimum atomic E-state index is -4.31. The SMILES string of the molecule is CC[C@H](C)NC(=O)[C@H](Cc1ccccc1)N(Cc1ccc(Cl)c(Cl)c1)C(=O)CN(c1ccc(OC)c(OC)c1)S(=O)(=O)c1ccc(C)cc1. The van der Waals surface area contributed by atoms with E-state index in [1.54, 1.807) is 42.5 Å². The third kappa shape index (κ3) is 9.47. The van der Waals surface area contributed by atoms with E-state index in [4.69, 9.17) is 32.7 Å². The lowest BCUT2D eigenvalue weighted by Crippen LogP contribution is -2.54. The van der Waals surface area contributed by atoms with Crippen molar-refractivity contribution < 1.29 is 27.5 Å². The number of amides is 2. The fraction of sp³-hybridized carbons (Fsp3) is 0.297. The smallest absolute Gasteiger partial charge is 0.264 e. The minimum Gasteiger partial charge on any atom is -0.493 e. The van der Waals surface area contributed by atoms with Crippen LogP contribution in [-0.2, 0) is 32.6 Å². The summed E-state index contributed by atoms with van der Waals surface area (Å²) in [5.74, 6) is -0.322. The molecule has 9 nitrogen and oxygen atoms in total. The fourth-order valence-electron chi connectivity index (χ4n) is 5.18. The zero-order valence-corrected chi connectivity index (χ0v) is 30.5. The summed E-state index contributed by atoms with van der Waals surface area (Å²) in [7, 11) is -1.40. The Morgan fingerprint density at radius 1 is 0.837 bits per heavy atom. The lowest BCUT2D eigenvalue weighted by molar-refractivity contribution is -0.140. The summed E-state index contributed by atoms with van der Waals surface area (Å²) in [6.07, 6.45) is 0.851. The fourth-order valence-corrected chi connectivity index (χ4v) is 6.90. The van der Waals surface area contributed by atoms with Crippen molar-refractivity contribution in [2.24, 2.45) is 0 Å². The van der Waals surface area contributed by atoms with Gasteiger partial charge in [-0.2, -0.15) is 0 Å². The van der Waals surface area contributed by atoms with Crippen molar-refractivity contribution in [3.8, 4) is 11.5 Å². The monoisotopic (exact) mass is 725 g/mol. The summed E-state index contributed by atoms with van der Waals surface area (Å²) in [5.41, 5.74) is 2.47. The highest BCUT2D eigenvalue weighted by Gasteiger charge is 2.35. The molecule has 0 saturated carbocycles. The molecular formula is C37H41Cl2N3O6S. The van der Waals surface area contributed by atoms with E-state index in [1.165, 1.54) is 37.3 Å². The van der Waals surface area contributed by atoms with Gasteiger partial charge < -0.3 is 19.7 Å². The van der Waals surface area contributed by atoms with Gasteiger partial charge >= 0.3 is 0 Å². The average molecular weight is 727 g/mol. The van der Waals surface area contributed by atoms with E-state index in [9.17, 15) is 18.0 Å². The van der Waals surface area contributed by atoms with Crippen LogP contribution in [0.5, 0.6) is 11.5 Å². The number of rotatable bonds is 15. The Labute approximate surface area is 298 Å². The van der Waals surface area contributed by atoms with Gasteiger partial charge in [-0.1, -0.05) is 84.2 Å². The van der Waals surface area contributed by atoms with Crippen LogP contribution in [0.2, 0.25) is 10.0 Å². The number of hydrogen-bond donors (Lipinski definition) is 1. The zero-order chi connectivity index (χ0) is 35.7. The van der Waals surface area contributed by atoms with Crippen LogP contribution in [-0.4, -0.2) is 58.0 Å². The number of sulfonamides is 1. The first kappa shape index (κ1) is 37.6. The second-order valence-corrected chi connectivity index (χ2v) is 14.3. The molecule has 0 radical (unpaired) electrons. The molecule has 0 unspecified atom stereocenters. The average Bonchev–Trinajstić information content (AvgIpc) is 3.10. The largest absolute Gasteiger partial charge is 0.493 e. The molecule has 4 aromatic rings. The predicted molar refractivity (Wildman–Crippen MR) is 194 cm³/mol. The van der Waals surface area contributed by atoms with E-state index >= 15 is 0 Å². The standard InChI is InChI=1S/C37H41Cl2N3O6S/c1-6-26(3)40-37(44)33(21-27-10-8-7-9-11-27)41(23-28-14-18-31(38)32(39)20-28)36(43)24-42(29-15-19-34(47-4)35(22-29)48-5)49(45,46)30-16-12-25(2)13-17-30/h7-20,22,26,33H,6,21,23-24H2,1-5H3,(H,40,44)/t26-,33-/m0/s1. The number of nitrogens with zero attached hydrogens (tertiary/aromatic N) is 2. The van der Waals surface area contributed by atoms with Crippen LogP contribution in [0.3, 0.4) is 0 Å². The van der Waals surface area contributed by atoms with Gasteiger partial charge in [0.2, 0.25) is 11.8 Å². The van der Waals surface area contributed by atoms with Crippen molar-refractivity contribution in [2.45, 2.75) is 57.1 Å². The topological polar surface area (TPSA) is 105 Å². The molecule has 0 aliphatic heterocycles. The van der Waals surface area contributed by atoms with E-state index in [2.05, 4.69) is 5.32 Å². The van der Waals surface area contributed by atoms with Crippen LogP contribution < -0.4 is 19.1 Å². The number of carbonyl (C=O) groups is 2. The molecule has 0 saturated heterocycles. The van der Waals surface area contributed by atoms with Crippen molar-refractivity contribution in [3.63, 3.8) is 0 Å². The lowest BCUT2D eigenvalue weighted by Gasteiger charge is -2.34. The Morgan fingerprint density at radius 3 is 2.12 bits per heavy atom. The second kappa shape index (κ2) is 16.9. The number of anilines is 1. The van der Waals surface area contributed by atoms with Crippen molar-refractivity contribution in [1.82, 2.24) is 10.2 Å². The maximum atomic E-state index is 14.7. The van der Waals surface area contributed by atoms with Gasteiger partial charge in [0.05, 0.1) is 34.8 Å². The number of carbonyl (C=O) groups excluding carboxylic acids is 2. The summed E-state index contributed by atoms with van der Waals surface area (Å²) >= 11 is 12.6. The number of halogens is 2. The molecule has 260 valence electrons. The first-order valence-electron chi connectivity index (χ1n) is 15.8. The summed E-state index contributed by atoms with van der Waals surface area (Å²) in [6.45, 7) is 5.01. The van der Waals surface area contributed by atoms with Gasteiger partial charge in [-0.15, -0.1) is 0 Å². The summed E-state index contributed by atoms with van der Waals surface area (Å²) in [5, 5.41) is 3.64. The van der Waals surface area contributed by atoms with E-state index < -0.39 is 28.5 Å². The lowest BCUT2D eigenvalue weighted by atomic mass is 10.0. The van der Waals surface area contributed by atoms with Gasteiger partial charge in [0.25, 0.3) is 10.0 Å². The maximum absolute atomic E-state index is 14.7. The number of methoxy groups -OCH3 is 2. The Bertz CT molecular complexity index is 1860. The quantitative estimate of drug-likeness (QED) is 0.141. The van der Waals surface area contributed by atoms with Crippen molar-refractivity contribution in [1.29, 1.82) is 0 Å². The van der Waals surface area contributed by atoms with Crippen LogP contribution in [0.15, 0.2) is 95.9 Å². The highest BCUT2D eigenvalue weighted by atomic mass is 35.5. The van der Waals surface area contributed by atoms with Crippen LogP contribution >= 0.6 is 23.2 Å². The van der Waals surface area contributed by atoms with Crippen molar-refractivity contribution >= 4 is 50.7 Å². The Hall–Kier alpha value is -4.25. The van der Waals surface area contributed by atoms with E-state index in [0.29, 0.717) is 22.8 Å². The zero-order valence-electron chi connectivity index (χ0n) is 28.2. The molecule has 2 amide bonds. The summed E-state index contributed by atoms with van der Waals surface area (Å²) in [6, 6.07) is 24.1. The Morgan fingerprint density at radius 2 is 1.51 bits per heavy atom. The molecule has 0 aromatic heterocycles. The number of aryl methyl sites for hydroxylation is 1. The second-order valence-electron chi connectivity index (χ2n) is 11.7. The molecular weight excluding hydrogens is 685 g/mol. The Kier molecular flexibility index (Phi) is 13.0. The third-order valence-corrected chi connectivity index (χ3v) is 10.7. The summed E-state index contributed by atoms with van der Waals surface area (Å²) in [4.78, 5) is 30.1. The molecule has 0 fully saturated rings. The van der Waals surface area contributed by atoms with Gasteiger partial charge in [-0.3, -0.25) is 13.9 Å². The highest BCUT2D eigenvalue weighted by molar-refractivity contribution is 7.92. The van der Waals surface area contributed by atoms with Gasteiger partial charge in [0.1, 0.15) is 12.6 Å². The minimum absolute atomic E-state index is 0.00735. The molecule has 0 aliphatic carbocycles.